The van der Waals surface area contributed by atoms with Gasteiger partial charge in [-0.1, -0.05) is 12.1 Å². The van der Waals surface area contributed by atoms with Crippen molar-refractivity contribution in [2.45, 2.75) is 12.4 Å². The number of rotatable bonds is 4. The number of hydrogen-bond donors (Lipinski definition) is 3. The molecule has 0 aromatic heterocycles. The third-order valence-corrected chi connectivity index (χ3v) is 1.11. The molecule has 0 heterocycles. The minimum atomic E-state index is -3.47. The molecule has 0 aliphatic carbocycles. The van der Waals surface area contributed by atoms with Crippen LogP contribution in [-0.4, -0.2) is 22.2 Å². The van der Waals surface area contributed by atoms with E-state index < -0.39 is 53.5 Å². The molecule has 0 fully saturated rings. The summed E-state index contributed by atoms with van der Waals surface area (Å²) in [7, 11) is 0. The van der Waals surface area contributed by atoms with Crippen molar-refractivity contribution < 1.29 is 26.1 Å². The first-order valence-corrected chi connectivity index (χ1v) is 3.20. The van der Waals surface area contributed by atoms with Crippen molar-refractivity contribution in [1.82, 2.24) is 0 Å². The molecule has 4 heteroatoms. The SMILES string of the molecule is [2H]c1cc(O)c([2H])c([2H])c1C([2H])([2H])[C@]([2H])(C(=O)O)N([2H])[2H]. The standard InChI is InChI=1S/C9H11NO3/c10-8(9(12)13)5-6-1-3-7(11)4-2-6/h1-4,8,11H,5,10H2,(H,12,13)/t8-/m1/s1/i1D,2D,3D,5D2,8D/hD2. The van der Waals surface area contributed by atoms with Gasteiger partial charge in [-0.05, 0) is 24.0 Å². The summed E-state index contributed by atoms with van der Waals surface area (Å²) < 4.78 is 59.5. The van der Waals surface area contributed by atoms with Crippen molar-refractivity contribution in [3.63, 3.8) is 0 Å². The number of benzene rings is 1. The topological polar surface area (TPSA) is 83.5 Å². The van der Waals surface area contributed by atoms with Gasteiger partial charge in [0.25, 0.3) is 0 Å². The first kappa shape index (κ1) is 3.31. The van der Waals surface area contributed by atoms with Gasteiger partial charge in [0.05, 0.1) is 5.48 Å². The molecule has 1 rings (SSSR count). The number of carbonyl (C=O) groups is 1. The van der Waals surface area contributed by atoms with Gasteiger partial charge in [-0.2, -0.15) is 0 Å². The summed E-state index contributed by atoms with van der Waals surface area (Å²) in [5, 5.41) is 18.3. The van der Waals surface area contributed by atoms with Crippen LogP contribution in [0.15, 0.2) is 24.2 Å². The van der Waals surface area contributed by atoms with Crippen LogP contribution in [0, 0.1) is 0 Å². The second-order valence-corrected chi connectivity index (χ2v) is 2.08. The number of hydrogen-bond acceptors (Lipinski definition) is 3. The number of phenols is 1. The molecule has 0 saturated carbocycles. The van der Waals surface area contributed by atoms with Crippen LogP contribution in [0.25, 0.3) is 0 Å². The summed E-state index contributed by atoms with van der Waals surface area (Å²) in [6.07, 6.45) is -3.33. The number of aliphatic carboxylic acids is 1. The third-order valence-electron chi connectivity index (χ3n) is 1.11. The highest BCUT2D eigenvalue weighted by Crippen LogP contribution is 2.10. The first-order valence-electron chi connectivity index (χ1n) is 7.10. The molecule has 0 amide bonds. The van der Waals surface area contributed by atoms with Gasteiger partial charge in [0.2, 0.25) is 0 Å². The van der Waals surface area contributed by atoms with E-state index >= 15 is 0 Å². The van der Waals surface area contributed by atoms with Gasteiger partial charge in [0, 0.05) is 2.74 Å². The van der Waals surface area contributed by atoms with Crippen LogP contribution in [0.4, 0.5) is 0 Å². The maximum absolute atomic E-state index is 11.1. The summed E-state index contributed by atoms with van der Waals surface area (Å²) >= 11 is 0. The highest BCUT2D eigenvalue weighted by Gasteiger charge is 2.11. The fourth-order valence-electron chi connectivity index (χ4n) is 0.578. The summed E-state index contributed by atoms with van der Waals surface area (Å²) in [6.45, 7) is 0. The quantitative estimate of drug-likeness (QED) is 0.638. The van der Waals surface area contributed by atoms with Crippen LogP contribution in [-0.2, 0) is 11.2 Å². The van der Waals surface area contributed by atoms with Crippen LogP contribution in [0.2, 0.25) is 2.82 Å². The number of carboxylic acid groups (broad SMARTS) is 1. The number of phenolic OH excluding ortho intramolecular Hbond substituents is 1. The second kappa shape index (κ2) is 3.91. The molecule has 1 aromatic rings. The Balaban J connectivity index is 3.72. The number of carboxylic acids is 1. The number of aromatic hydroxyl groups is 1. The highest BCUT2D eigenvalue weighted by atomic mass is 16.4. The molecule has 4 nitrogen and oxygen atoms in total. The number of nitrogens with two attached hydrogens (primary N) is 1. The molecule has 0 aliphatic heterocycles. The second-order valence-electron chi connectivity index (χ2n) is 2.08. The zero-order valence-electron chi connectivity index (χ0n) is 14.3. The third kappa shape index (κ3) is 2.76. The van der Waals surface area contributed by atoms with Gasteiger partial charge in [-0.25, -0.2) is 0 Å². The normalized spacial score (nSPS) is 25.0. The lowest BCUT2D eigenvalue weighted by Crippen LogP contribution is -2.32. The summed E-state index contributed by atoms with van der Waals surface area (Å²) in [4.78, 5) is 11.1. The predicted octanol–water partition coefficient (Wildman–Crippen LogP) is 0.347. The van der Waals surface area contributed by atoms with Crippen molar-refractivity contribution in [3.8, 4) is 5.75 Å². The van der Waals surface area contributed by atoms with Gasteiger partial charge in [-0.15, -0.1) is 0 Å². The summed E-state index contributed by atoms with van der Waals surface area (Å²) in [5.41, 5.74) is -1.66. The van der Waals surface area contributed by atoms with Crippen LogP contribution in [0.3, 0.4) is 0 Å². The lowest BCUT2D eigenvalue weighted by molar-refractivity contribution is -0.138. The maximum atomic E-state index is 11.1. The molecule has 0 unspecified atom stereocenters. The van der Waals surface area contributed by atoms with E-state index in [2.05, 4.69) is 0 Å². The van der Waals surface area contributed by atoms with Gasteiger partial charge in [-0.3, -0.25) is 4.79 Å². The van der Waals surface area contributed by atoms with E-state index in [9.17, 15) is 9.90 Å². The molecule has 70 valence electrons. The molecule has 1 aromatic carbocycles. The minimum Gasteiger partial charge on any atom is -0.508 e. The van der Waals surface area contributed by atoms with Crippen molar-refractivity contribution in [2.75, 3.05) is 0 Å². The van der Waals surface area contributed by atoms with E-state index in [1.807, 2.05) is 0 Å². The van der Waals surface area contributed by atoms with Crippen LogP contribution < -0.4 is 5.72 Å². The Morgan fingerprint density at radius 3 is 3.23 bits per heavy atom. The van der Waals surface area contributed by atoms with E-state index in [4.69, 9.17) is 16.2 Å². The molecule has 0 aliphatic rings. The Morgan fingerprint density at radius 1 is 1.85 bits per heavy atom. The molecule has 0 radical (unpaired) electrons. The van der Waals surface area contributed by atoms with Crippen LogP contribution >= 0.6 is 0 Å². The Kier molecular flexibility index (Phi) is 0.994. The molecule has 0 bridgehead atoms. The fraction of sp³-hybridized carbons (Fsp3) is 0.222. The van der Waals surface area contributed by atoms with Crippen molar-refractivity contribution >= 4 is 5.97 Å². The lowest BCUT2D eigenvalue weighted by Gasteiger charge is -2.05. The molecule has 0 saturated heterocycles. The summed E-state index contributed by atoms with van der Waals surface area (Å²) in [5.74, 6) is -2.94. The van der Waals surface area contributed by atoms with E-state index in [1.54, 1.807) is 0 Å². The smallest absolute Gasteiger partial charge is 0.320 e. The lowest BCUT2D eigenvalue weighted by atomic mass is 10.1. The van der Waals surface area contributed by atoms with Gasteiger partial charge in [0.1, 0.15) is 14.6 Å². The minimum absolute atomic E-state index is 0.633. The van der Waals surface area contributed by atoms with Gasteiger partial charge >= 0.3 is 5.97 Å². The Bertz CT molecular complexity index is 593. The van der Waals surface area contributed by atoms with E-state index in [0.717, 1.165) is 0 Å². The fourth-order valence-corrected chi connectivity index (χ4v) is 0.578. The van der Waals surface area contributed by atoms with Gasteiger partial charge in [0.15, 0.2) is 0 Å². The molecule has 4 N–H and O–H groups in total. The van der Waals surface area contributed by atoms with Crippen molar-refractivity contribution in [1.29, 1.82) is 0 Å². The largest absolute Gasteiger partial charge is 0.508 e. The monoisotopic (exact) mass is 189 g/mol. The summed E-state index contributed by atoms with van der Waals surface area (Å²) in [6, 6.07) is -5.47. The van der Waals surface area contributed by atoms with E-state index in [0.29, 0.717) is 6.07 Å². The molecular formula is C9H11NO3. The Morgan fingerprint density at radius 2 is 2.62 bits per heavy atom. The van der Waals surface area contributed by atoms with Crippen molar-refractivity contribution in [2.24, 2.45) is 5.72 Å². The zero-order chi connectivity index (χ0) is 16.7. The highest BCUT2D eigenvalue weighted by molar-refractivity contribution is 5.73. The molecule has 1 atom stereocenters. The Hall–Kier alpha value is -1.55. The molecular weight excluding hydrogens is 170 g/mol. The maximum Gasteiger partial charge on any atom is 0.320 e. The van der Waals surface area contributed by atoms with Crippen LogP contribution in [0.5, 0.6) is 5.75 Å². The Labute approximate surface area is 87.0 Å². The van der Waals surface area contributed by atoms with Gasteiger partial charge < -0.3 is 15.9 Å². The first-order chi connectivity index (χ1) is 9.38. The average Bonchev–Trinajstić information content (AvgIpc) is 2.33. The zero-order valence-corrected chi connectivity index (χ0v) is 6.33. The van der Waals surface area contributed by atoms with E-state index in [-0.39, 0.29) is 0 Å². The predicted molar refractivity (Wildman–Crippen MR) is 47.4 cm³/mol. The van der Waals surface area contributed by atoms with E-state index in [1.165, 1.54) is 0 Å². The molecule has 13 heavy (non-hydrogen) atoms. The molecule has 0 spiro atoms. The van der Waals surface area contributed by atoms with Crippen LogP contribution in [0.1, 0.15) is 13.8 Å². The van der Waals surface area contributed by atoms with Crippen molar-refractivity contribution in [3.05, 3.63) is 29.8 Å². The average molecular weight is 189 g/mol.